The molecule has 0 spiro atoms. The zero-order valence-corrected chi connectivity index (χ0v) is 13.5. The van der Waals surface area contributed by atoms with Gasteiger partial charge in [0.1, 0.15) is 22.7 Å². The summed E-state index contributed by atoms with van der Waals surface area (Å²) in [7, 11) is 0. The van der Waals surface area contributed by atoms with Gasteiger partial charge >= 0.3 is 5.63 Å². The third-order valence-electron chi connectivity index (χ3n) is 4.18. The minimum atomic E-state index is -0.697. The van der Waals surface area contributed by atoms with Gasteiger partial charge in [0.15, 0.2) is 0 Å². The van der Waals surface area contributed by atoms with Crippen LogP contribution in [0, 0.1) is 5.82 Å². The number of aromatic hydroxyl groups is 1. The Morgan fingerprint density at radius 3 is 2.84 bits per heavy atom. The number of hydrogen-bond acceptors (Lipinski definition) is 5. The predicted molar refractivity (Wildman–Crippen MR) is 92.6 cm³/mol. The maximum absolute atomic E-state index is 14.1. The maximum atomic E-state index is 14.1. The first-order valence-corrected chi connectivity index (χ1v) is 7.95. The van der Waals surface area contributed by atoms with Gasteiger partial charge in [-0.3, -0.25) is 0 Å². The van der Waals surface area contributed by atoms with Gasteiger partial charge in [-0.2, -0.15) is 5.10 Å². The van der Waals surface area contributed by atoms with Crippen LogP contribution in [0.2, 0.25) is 5.02 Å². The van der Waals surface area contributed by atoms with Gasteiger partial charge in [-0.1, -0.05) is 29.8 Å². The number of nitrogens with one attached hydrogen (secondary N) is 1. The number of rotatable bonds is 2. The van der Waals surface area contributed by atoms with Crippen molar-refractivity contribution in [3.8, 4) is 5.75 Å². The summed E-state index contributed by atoms with van der Waals surface area (Å²) in [6, 6.07) is 10.5. The van der Waals surface area contributed by atoms with Crippen molar-refractivity contribution in [2.75, 3.05) is 0 Å². The summed E-state index contributed by atoms with van der Waals surface area (Å²) in [5.74, 6) is -0.663. The molecule has 2 aromatic carbocycles. The molecule has 126 valence electrons. The van der Waals surface area contributed by atoms with Crippen LogP contribution in [0.5, 0.6) is 5.75 Å². The van der Waals surface area contributed by atoms with Crippen LogP contribution in [-0.4, -0.2) is 10.8 Å². The van der Waals surface area contributed by atoms with Crippen LogP contribution in [0.4, 0.5) is 4.39 Å². The van der Waals surface area contributed by atoms with Gasteiger partial charge in [-0.05, 0) is 24.3 Å². The largest absolute Gasteiger partial charge is 0.506 e. The lowest BCUT2D eigenvalue weighted by Gasteiger charge is -2.13. The summed E-state index contributed by atoms with van der Waals surface area (Å²) in [6.45, 7) is 0. The molecule has 1 atom stereocenters. The summed E-state index contributed by atoms with van der Waals surface area (Å²) in [5, 5.41) is 15.3. The van der Waals surface area contributed by atoms with Crippen LogP contribution in [0.1, 0.15) is 23.6 Å². The molecular weight excluding hydrogens is 347 g/mol. The van der Waals surface area contributed by atoms with Crippen molar-refractivity contribution < 1.29 is 13.9 Å². The van der Waals surface area contributed by atoms with Crippen LogP contribution < -0.4 is 11.1 Å². The Morgan fingerprint density at radius 2 is 2.04 bits per heavy atom. The highest BCUT2D eigenvalue weighted by Gasteiger charge is 2.29. The Morgan fingerprint density at radius 1 is 1.24 bits per heavy atom. The summed E-state index contributed by atoms with van der Waals surface area (Å²) < 4.78 is 19.3. The quantitative estimate of drug-likeness (QED) is 0.684. The third-order valence-corrected chi connectivity index (χ3v) is 4.50. The summed E-state index contributed by atoms with van der Waals surface area (Å²) in [4.78, 5) is 12.3. The second-order valence-electron chi connectivity index (χ2n) is 5.69. The third kappa shape index (κ3) is 2.55. The number of nitrogens with zero attached hydrogens (tertiary/aromatic N) is 1. The fourth-order valence-electron chi connectivity index (χ4n) is 3.00. The van der Waals surface area contributed by atoms with Crippen molar-refractivity contribution in [1.29, 1.82) is 0 Å². The van der Waals surface area contributed by atoms with E-state index in [2.05, 4.69) is 10.5 Å². The molecule has 1 aliphatic rings. The fourth-order valence-corrected chi connectivity index (χ4v) is 3.29. The molecule has 0 aliphatic carbocycles. The van der Waals surface area contributed by atoms with Gasteiger partial charge in [0.05, 0.1) is 17.1 Å². The molecule has 0 amide bonds. The molecule has 0 saturated heterocycles. The maximum Gasteiger partial charge on any atom is 0.349 e. The number of benzene rings is 2. The minimum Gasteiger partial charge on any atom is -0.506 e. The van der Waals surface area contributed by atoms with Crippen molar-refractivity contribution >= 4 is 28.3 Å². The van der Waals surface area contributed by atoms with Crippen molar-refractivity contribution in [1.82, 2.24) is 5.43 Å². The van der Waals surface area contributed by atoms with E-state index in [4.69, 9.17) is 16.0 Å². The molecule has 1 aromatic heterocycles. The Labute approximate surface area is 146 Å². The van der Waals surface area contributed by atoms with Crippen molar-refractivity contribution in [3.63, 3.8) is 0 Å². The number of halogens is 2. The van der Waals surface area contributed by atoms with Gasteiger partial charge in [0, 0.05) is 17.0 Å². The van der Waals surface area contributed by atoms with E-state index >= 15 is 0 Å². The molecule has 0 fully saturated rings. The molecule has 5 nitrogen and oxygen atoms in total. The van der Waals surface area contributed by atoms with Gasteiger partial charge in [-0.25, -0.2) is 9.18 Å². The highest BCUT2D eigenvalue weighted by molar-refractivity contribution is 6.31. The molecule has 0 bridgehead atoms. The molecule has 2 N–H and O–H groups in total. The summed E-state index contributed by atoms with van der Waals surface area (Å²) >= 11 is 6.08. The van der Waals surface area contributed by atoms with E-state index in [9.17, 15) is 14.3 Å². The zero-order valence-electron chi connectivity index (χ0n) is 12.8. The van der Waals surface area contributed by atoms with Crippen molar-refractivity contribution in [2.24, 2.45) is 5.10 Å². The normalized spacial score (nSPS) is 16.7. The second kappa shape index (κ2) is 5.89. The molecule has 7 heteroatoms. The number of hydrazone groups is 1. The molecule has 1 unspecified atom stereocenters. The van der Waals surface area contributed by atoms with Gasteiger partial charge in [0.25, 0.3) is 0 Å². The molecule has 3 aromatic rings. The van der Waals surface area contributed by atoms with E-state index in [0.29, 0.717) is 11.1 Å². The van der Waals surface area contributed by atoms with E-state index in [1.807, 2.05) is 0 Å². The molecule has 1 aliphatic heterocycles. The Bertz CT molecular complexity index is 1060. The number of para-hydroxylation sites is 1. The average molecular weight is 359 g/mol. The Balaban J connectivity index is 1.76. The number of hydrogen-bond donors (Lipinski definition) is 2. The Kier molecular flexibility index (Phi) is 3.69. The lowest BCUT2D eigenvalue weighted by Crippen LogP contribution is -2.15. The topological polar surface area (TPSA) is 74.8 Å². The van der Waals surface area contributed by atoms with Crippen LogP contribution >= 0.6 is 11.6 Å². The van der Waals surface area contributed by atoms with E-state index in [1.165, 1.54) is 12.1 Å². The lowest BCUT2D eigenvalue weighted by molar-refractivity contribution is 0.466. The predicted octanol–water partition coefficient (Wildman–Crippen LogP) is 3.73. The molecule has 0 saturated carbocycles. The van der Waals surface area contributed by atoms with E-state index in [0.717, 1.165) is 0 Å². The first-order chi connectivity index (χ1) is 12.1. The van der Waals surface area contributed by atoms with E-state index < -0.39 is 17.5 Å². The van der Waals surface area contributed by atoms with Crippen LogP contribution in [0.3, 0.4) is 0 Å². The number of fused-ring (bicyclic) bond motifs is 1. The molecule has 4 rings (SSSR count). The second-order valence-corrected chi connectivity index (χ2v) is 6.10. The monoisotopic (exact) mass is 358 g/mol. The van der Waals surface area contributed by atoms with E-state index in [-0.39, 0.29) is 33.9 Å². The standard InChI is InChI=1S/C18H12ClFN2O3/c19-10-5-3-6-11(20)15(10)12-8-13(22-21-12)16-17(23)9-4-1-2-7-14(9)25-18(16)24/h1-7,12,21,23H,8H2. The first-order valence-electron chi connectivity index (χ1n) is 7.57. The minimum absolute atomic E-state index is 0.0267. The smallest absolute Gasteiger partial charge is 0.349 e. The Hall–Kier alpha value is -2.86. The van der Waals surface area contributed by atoms with E-state index in [1.54, 1.807) is 30.3 Å². The van der Waals surface area contributed by atoms with Crippen LogP contribution in [0.25, 0.3) is 11.0 Å². The van der Waals surface area contributed by atoms with Crippen molar-refractivity contribution in [2.45, 2.75) is 12.5 Å². The summed E-state index contributed by atoms with van der Waals surface area (Å²) in [5.41, 5.74) is 2.90. The van der Waals surface area contributed by atoms with Crippen LogP contribution in [-0.2, 0) is 0 Å². The van der Waals surface area contributed by atoms with Gasteiger partial charge < -0.3 is 14.9 Å². The lowest BCUT2D eigenvalue weighted by atomic mass is 9.98. The highest BCUT2D eigenvalue weighted by atomic mass is 35.5. The highest BCUT2D eigenvalue weighted by Crippen LogP contribution is 2.34. The molecule has 25 heavy (non-hydrogen) atoms. The SMILES string of the molecule is O=c1oc2ccccc2c(O)c1C1=NNC(c2c(F)cccc2Cl)C1. The van der Waals surface area contributed by atoms with Crippen molar-refractivity contribution in [3.05, 3.63) is 74.9 Å². The molecular formula is C18H12ClFN2O3. The van der Waals surface area contributed by atoms with Gasteiger partial charge in [0.2, 0.25) is 0 Å². The van der Waals surface area contributed by atoms with Crippen LogP contribution in [0.15, 0.2) is 56.8 Å². The fraction of sp³-hybridized carbons (Fsp3) is 0.111. The first kappa shape index (κ1) is 15.7. The molecule has 2 heterocycles. The van der Waals surface area contributed by atoms with Gasteiger partial charge in [-0.15, -0.1) is 0 Å². The average Bonchev–Trinajstić information content (AvgIpc) is 3.04. The summed E-state index contributed by atoms with van der Waals surface area (Å²) in [6.07, 6.45) is 0.192. The molecule has 0 radical (unpaired) electrons. The zero-order chi connectivity index (χ0) is 17.6.